The van der Waals surface area contributed by atoms with Crippen LogP contribution in [-0.4, -0.2) is 63.2 Å². The van der Waals surface area contributed by atoms with Crippen LogP contribution in [0.1, 0.15) is 23.2 Å². The second-order valence-corrected chi connectivity index (χ2v) is 7.15. The van der Waals surface area contributed by atoms with Gasteiger partial charge < -0.3 is 37.2 Å². The van der Waals surface area contributed by atoms with E-state index in [1.807, 2.05) is 0 Å². The van der Waals surface area contributed by atoms with Gasteiger partial charge in [0.25, 0.3) is 11.5 Å². The number of carboxylic acid groups (broad SMARTS) is 2. The molecule has 1 unspecified atom stereocenters. The number of anilines is 4. The number of nitrogens with two attached hydrogens (primary N) is 1. The van der Waals surface area contributed by atoms with E-state index in [9.17, 15) is 19.2 Å². The molecule has 0 aliphatic carbocycles. The first kappa shape index (κ1) is 25.6. The molecule has 1 aromatic heterocycles. The van der Waals surface area contributed by atoms with E-state index in [0.717, 1.165) is 0 Å². The molecule has 172 valence electrons. The molecule has 0 saturated carbocycles. The van der Waals surface area contributed by atoms with Crippen molar-refractivity contribution in [3.8, 4) is 0 Å². The Labute approximate surface area is 200 Å². The van der Waals surface area contributed by atoms with Gasteiger partial charge in [-0.05, 0) is 30.7 Å². The number of benzene rings is 1. The number of fused-ring (bicyclic) bond motifs is 1. The van der Waals surface area contributed by atoms with Crippen LogP contribution >= 0.6 is 0 Å². The number of nitrogens with zero attached hydrogens (tertiary/aromatic N) is 1. The number of H-pyrrole nitrogens is 1. The standard InChI is InChI=1S/C19H23N7O6.Zn/c20-19-25-15-14(17(30)26-19)23-11(8-22-15)7-21-10-3-1-9(2-4-10)16(29)24-12(18(31)32)5-6-13(27)28;/h1-4,11-12,21,23H,5-8H2,(H,24,29)(H,27,28)(H,31,32)(H4,20,22,25,26,30);/t11?,12-;/m0./s1. The molecule has 1 amide bonds. The van der Waals surface area contributed by atoms with Crippen LogP contribution in [0.4, 0.5) is 23.1 Å². The smallest absolute Gasteiger partial charge is 0.326 e. The van der Waals surface area contributed by atoms with E-state index in [4.69, 9.17) is 15.9 Å². The molecule has 1 aromatic carbocycles. The molecule has 9 N–H and O–H groups in total. The summed E-state index contributed by atoms with van der Waals surface area (Å²) in [6.45, 7) is 0.960. The first-order valence-corrected chi connectivity index (χ1v) is 9.72. The quantitative estimate of drug-likeness (QED) is 0.205. The Morgan fingerprint density at radius 2 is 1.91 bits per heavy atom. The average molecular weight is 511 g/mol. The Morgan fingerprint density at radius 1 is 1.21 bits per heavy atom. The van der Waals surface area contributed by atoms with Crippen molar-refractivity contribution in [1.82, 2.24) is 15.3 Å². The predicted octanol–water partition coefficient (Wildman–Crippen LogP) is -0.284. The molecule has 0 bridgehead atoms. The van der Waals surface area contributed by atoms with Gasteiger partial charge >= 0.3 is 11.9 Å². The summed E-state index contributed by atoms with van der Waals surface area (Å²) in [4.78, 5) is 52.6. The monoisotopic (exact) mass is 509 g/mol. The number of nitrogens with one attached hydrogen (secondary N) is 5. The van der Waals surface area contributed by atoms with Crippen molar-refractivity contribution in [2.24, 2.45) is 0 Å². The molecule has 33 heavy (non-hydrogen) atoms. The number of carbonyl (C=O) groups is 3. The molecule has 2 heterocycles. The number of carbonyl (C=O) groups excluding carboxylic acids is 1. The van der Waals surface area contributed by atoms with Gasteiger partial charge in [0, 0.05) is 50.2 Å². The Bertz CT molecular complexity index is 1080. The minimum Gasteiger partial charge on any atom is -0.481 e. The molecule has 0 radical (unpaired) electrons. The van der Waals surface area contributed by atoms with Crippen LogP contribution < -0.4 is 32.6 Å². The van der Waals surface area contributed by atoms with Crippen LogP contribution in [-0.2, 0) is 29.1 Å². The van der Waals surface area contributed by atoms with E-state index in [1.54, 1.807) is 12.1 Å². The number of amides is 1. The fraction of sp³-hybridized carbons (Fsp3) is 0.316. The first-order valence-electron chi connectivity index (χ1n) is 9.72. The molecule has 0 fully saturated rings. The van der Waals surface area contributed by atoms with Crippen molar-refractivity contribution in [1.29, 1.82) is 0 Å². The molecular weight excluding hydrogens is 488 g/mol. The van der Waals surface area contributed by atoms with Crippen molar-refractivity contribution in [3.05, 3.63) is 40.2 Å². The topological polar surface area (TPSA) is 212 Å². The van der Waals surface area contributed by atoms with Crippen LogP contribution in [0.15, 0.2) is 29.1 Å². The molecule has 2 aromatic rings. The van der Waals surface area contributed by atoms with Gasteiger partial charge in [0.15, 0.2) is 5.82 Å². The number of rotatable bonds is 9. The summed E-state index contributed by atoms with van der Waals surface area (Å²) in [6, 6.07) is 4.93. The van der Waals surface area contributed by atoms with E-state index >= 15 is 0 Å². The minimum absolute atomic E-state index is 0. The van der Waals surface area contributed by atoms with Crippen molar-refractivity contribution < 1.29 is 44.1 Å². The summed E-state index contributed by atoms with van der Waals surface area (Å²) in [5, 5.41) is 29.5. The number of aromatic nitrogens is 2. The van der Waals surface area contributed by atoms with E-state index in [2.05, 4.69) is 31.2 Å². The zero-order chi connectivity index (χ0) is 23.3. The summed E-state index contributed by atoms with van der Waals surface area (Å²) in [5.74, 6) is -2.64. The van der Waals surface area contributed by atoms with Crippen molar-refractivity contribution in [3.63, 3.8) is 0 Å². The number of nitrogen functional groups attached to an aromatic ring is 1. The average Bonchev–Trinajstić information content (AvgIpc) is 2.75. The van der Waals surface area contributed by atoms with E-state index < -0.39 is 23.9 Å². The maximum Gasteiger partial charge on any atom is 0.326 e. The van der Waals surface area contributed by atoms with Gasteiger partial charge in [-0.2, -0.15) is 4.98 Å². The number of hydrogen-bond donors (Lipinski definition) is 8. The molecule has 14 heteroatoms. The third-order valence-electron chi connectivity index (χ3n) is 4.75. The van der Waals surface area contributed by atoms with Crippen LogP contribution in [0.2, 0.25) is 0 Å². The SMILES string of the molecule is Nc1nc2c(c(=O)[nH]1)NC(CNc1ccc(C(=O)N[C@@H](CCC(=O)O)C(=O)O)cc1)CN2.[Zn]. The summed E-state index contributed by atoms with van der Waals surface area (Å²) in [5.41, 5.74) is 6.40. The largest absolute Gasteiger partial charge is 0.481 e. The summed E-state index contributed by atoms with van der Waals surface area (Å²) < 4.78 is 0. The number of aliphatic carboxylic acids is 2. The second kappa shape index (κ2) is 11.3. The van der Waals surface area contributed by atoms with Crippen LogP contribution in [0.25, 0.3) is 0 Å². The molecule has 0 spiro atoms. The minimum atomic E-state index is -1.30. The summed E-state index contributed by atoms with van der Waals surface area (Å²) in [6.07, 6.45) is -0.587. The fourth-order valence-corrected chi connectivity index (χ4v) is 3.10. The molecular formula is C19H23N7O6Zn. The van der Waals surface area contributed by atoms with Gasteiger partial charge in [-0.25, -0.2) is 4.79 Å². The van der Waals surface area contributed by atoms with Crippen molar-refractivity contribution in [2.75, 3.05) is 34.8 Å². The third kappa shape index (κ3) is 6.91. The number of carboxylic acids is 2. The Morgan fingerprint density at radius 3 is 2.55 bits per heavy atom. The maximum atomic E-state index is 12.3. The molecule has 1 aliphatic heterocycles. The van der Waals surface area contributed by atoms with E-state index in [0.29, 0.717) is 30.3 Å². The maximum absolute atomic E-state index is 12.3. The van der Waals surface area contributed by atoms with Gasteiger partial charge in [-0.3, -0.25) is 19.4 Å². The van der Waals surface area contributed by atoms with Crippen molar-refractivity contribution >= 4 is 41.0 Å². The molecule has 13 nitrogen and oxygen atoms in total. The third-order valence-corrected chi connectivity index (χ3v) is 4.75. The summed E-state index contributed by atoms with van der Waals surface area (Å²) >= 11 is 0. The Kier molecular flexibility index (Phi) is 8.74. The van der Waals surface area contributed by atoms with Crippen LogP contribution in [0.5, 0.6) is 0 Å². The number of hydrogen-bond acceptors (Lipinski definition) is 9. The number of aromatic amines is 1. The van der Waals surface area contributed by atoms with Crippen LogP contribution in [0.3, 0.4) is 0 Å². The molecule has 2 atom stereocenters. The first-order chi connectivity index (χ1) is 15.2. The fourth-order valence-electron chi connectivity index (χ4n) is 3.10. The molecule has 0 saturated heterocycles. The van der Waals surface area contributed by atoms with Crippen LogP contribution in [0, 0.1) is 0 Å². The van der Waals surface area contributed by atoms with Gasteiger partial charge in [-0.15, -0.1) is 0 Å². The normalized spacial score (nSPS) is 15.0. The van der Waals surface area contributed by atoms with Crippen molar-refractivity contribution in [2.45, 2.75) is 24.9 Å². The van der Waals surface area contributed by atoms with E-state index in [-0.39, 0.29) is 55.4 Å². The Balaban J connectivity index is 0.00000385. The zero-order valence-electron chi connectivity index (χ0n) is 17.6. The van der Waals surface area contributed by atoms with Gasteiger partial charge in [0.05, 0.1) is 6.04 Å². The summed E-state index contributed by atoms with van der Waals surface area (Å²) in [7, 11) is 0. The zero-order valence-corrected chi connectivity index (χ0v) is 20.5. The molecule has 3 rings (SSSR count). The van der Waals surface area contributed by atoms with Gasteiger partial charge in [0.1, 0.15) is 11.7 Å². The predicted molar refractivity (Wildman–Crippen MR) is 116 cm³/mol. The van der Waals surface area contributed by atoms with Gasteiger partial charge in [0.2, 0.25) is 5.95 Å². The van der Waals surface area contributed by atoms with Gasteiger partial charge in [-0.1, -0.05) is 0 Å². The molecule has 1 aliphatic rings. The second-order valence-electron chi connectivity index (χ2n) is 7.15. The van der Waals surface area contributed by atoms with E-state index in [1.165, 1.54) is 12.1 Å². The Hall–Kier alpha value is -3.67.